The van der Waals surface area contributed by atoms with Gasteiger partial charge in [-0.05, 0) is 42.4 Å². The Balaban J connectivity index is 2.55. The van der Waals surface area contributed by atoms with Gasteiger partial charge in [0, 0.05) is 13.0 Å². The highest BCUT2D eigenvalue weighted by Crippen LogP contribution is 2.15. The molecule has 0 saturated carbocycles. The molecule has 0 bridgehead atoms. The van der Waals surface area contributed by atoms with Crippen LogP contribution in [0.25, 0.3) is 0 Å². The van der Waals surface area contributed by atoms with Crippen LogP contribution in [-0.4, -0.2) is 29.6 Å². The van der Waals surface area contributed by atoms with Crippen LogP contribution in [0, 0.1) is 23.5 Å². The first kappa shape index (κ1) is 20.0. The number of nitrogens with one attached hydrogen (secondary N) is 1. The molecule has 0 aliphatic rings. The molecule has 0 spiro atoms. The summed E-state index contributed by atoms with van der Waals surface area (Å²) in [6.07, 6.45) is 0.707. The molecule has 0 aromatic heterocycles. The van der Waals surface area contributed by atoms with Crippen LogP contribution >= 0.6 is 0 Å². The third-order valence-corrected chi connectivity index (χ3v) is 3.61. The Morgan fingerprint density at radius 2 is 1.92 bits per heavy atom. The van der Waals surface area contributed by atoms with Gasteiger partial charge in [-0.25, -0.2) is 8.78 Å². The van der Waals surface area contributed by atoms with E-state index in [1.54, 1.807) is 0 Å². The van der Waals surface area contributed by atoms with E-state index in [-0.39, 0.29) is 25.3 Å². The number of carbonyl (C=O) groups is 2. The molecule has 24 heavy (non-hydrogen) atoms. The van der Waals surface area contributed by atoms with Crippen molar-refractivity contribution >= 4 is 11.9 Å². The van der Waals surface area contributed by atoms with Gasteiger partial charge in [-0.1, -0.05) is 19.9 Å². The maximum absolute atomic E-state index is 13.2. The Labute approximate surface area is 140 Å². The molecule has 0 saturated heterocycles. The number of hydrogen-bond donors (Lipinski definition) is 3. The minimum atomic E-state index is -0.987. The lowest BCUT2D eigenvalue weighted by atomic mass is 9.94. The lowest BCUT2D eigenvalue weighted by Crippen LogP contribution is -2.44. The highest BCUT2D eigenvalue weighted by Gasteiger charge is 2.19. The fourth-order valence-corrected chi connectivity index (χ4v) is 2.54. The average Bonchev–Trinajstić information content (AvgIpc) is 2.47. The number of carboxylic acids is 1. The average molecular weight is 342 g/mol. The van der Waals surface area contributed by atoms with Crippen molar-refractivity contribution in [3.63, 3.8) is 0 Å². The Morgan fingerprint density at radius 1 is 1.25 bits per heavy atom. The van der Waals surface area contributed by atoms with Gasteiger partial charge in [0.25, 0.3) is 0 Å². The minimum Gasteiger partial charge on any atom is -0.481 e. The van der Waals surface area contributed by atoms with E-state index in [1.807, 2.05) is 13.8 Å². The zero-order valence-corrected chi connectivity index (χ0v) is 13.9. The van der Waals surface area contributed by atoms with Gasteiger partial charge >= 0.3 is 5.97 Å². The molecule has 0 aliphatic heterocycles. The van der Waals surface area contributed by atoms with E-state index in [0.717, 1.165) is 12.1 Å². The molecule has 4 N–H and O–H groups in total. The number of carbonyl (C=O) groups excluding carboxylic acids is 1. The minimum absolute atomic E-state index is 0.0309. The molecule has 0 radical (unpaired) electrons. The highest BCUT2D eigenvalue weighted by molar-refractivity contribution is 5.81. The van der Waals surface area contributed by atoms with Crippen molar-refractivity contribution in [2.24, 2.45) is 17.6 Å². The van der Waals surface area contributed by atoms with Crippen molar-refractivity contribution in [2.45, 2.75) is 39.2 Å². The molecule has 5 nitrogen and oxygen atoms in total. The van der Waals surface area contributed by atoms with Crippen LogP contribution in [0.1, 0.15) is 32.3 Å². The first-order chi connectivity index (χ1) is 11.2. The third-order valence-electron chi connectivity index (χ3n) is 3.61. The van der Waals surface area contributed by atoms with E-state index in [9.17, 15) is 18.4 Å². The smallest absolute Gasteiger partial charge is 0.303 e. The van der Waals surface area contributed by atoms with E-state index in [4.69, 9.17) is 10.8 Å². The molecular formula is C17H24F2N2O3. The van der Waals surface area contributed by atoms with Gasteiger partial charge < -0.3 is 16.2 Å². The summed E-state index contributed by atoms with van der Waals surface area (Å²) in [7, 11) is 0. The number of aliphatic carboxylic acids is 1. The predicted octanol–water partition coefficient (Wildman–Crippen LogP) is 2.09. The Morgan fingerprint density at radius 3 is 2.46 bits per heavy atom. The molecular weight excluding hydrogens is 318 g/mol. The molecule has 1 rings (SSSR count). The summed E-state index contributed by atoms with van der Waals surface area (Å²) in [5.41, 5.74) is 6.20. The van der Waals surface area contributed by atoms with Gasteiger partial charge in [-0.3, -0.25) is 9.59 Å². The zero-order chi connectivity index (χ0) is 18.3. The second kappa shape index (κ2) is 9.32. The van der Waals surface area contributed by atoms with Gasteiger partial charge in [0.15, 0.2) is 11.6 Å². The van der Waals surface area contributed by atoms with Crippen molar-refractivity contribution < 1.29 is 23.5 Å². The van der Waals surface area contributed by atoms with Crippen LogP contribution in [0.3, 0.4) is 0 Å². The van der Waals surface area contributed by atoms with Crippen LogP contribution in [0.15, 0.2) is 18.2 Å². The summed E-state index contributed by atoms with van der Waals surface area (Å²) >= 11 is 0. The fourth-order valence-electron chi connectivity index (χ4n) is 2.54. The number of nitrogens with two attached hydrogens (primary N) is 1. The summed E-state index contributed by atoms with van der Waals surface area (Å²) in [5.74, 6) is -3.18. The second-order valence-electron chi connectivity index (χ2n) is 6.40. The van der Waals surface area contributed by atoms with Crippen molar-refractivity contribution in [3.8, 4) is 0 Å². The fraction of sp³-hybridized carbons (Fsp3) is 0.529. The van der Waals surface area contributed by atoms with Gasteiger partial charge in [0.1, 0.15) is 0 Å². The van der Waals surface area contributed by atoms with Crippen molar-refractivity contribution in [3.05, 3.63) is 35.4 Å². The Bertz CT molecular complexity index is 579. The third kappa shape index (κ3) is 7.04. The van der Waals surface area contributed by atoms with Gasteiger partial charge in [0.05, 0.1) is 6.04 Å². The largest absolute Gasteiger partial charge is 0.481 e. The first-order valence-corrected chi connectivity index (χ1v) is 7.88. The Kier molecular flexibility index (Phi) is 7.78. The predicted molar refractivity (Wildman–Crippen MR) is 86.2 cm³/mol. The van der Waals surface area contributed by atoms with Crippen LogP contribution in [0.5, 0.6) is 0 Å². The van der Waals surface area contributed by atoms with Crippen molar-refractivity contribution in [2.75, 3.05) is 6.54 Å². The van der Waals surface area contributed by atoms with Crippen molar-refractivity contribution in [1.82, 2.24) is 5.32 Å². The molecule has 1 aromatic rings. The monoisotopic (exact) mass is 342 g/mol. The summed E-state index contributed by atoms with van der Waals surface area (Å²) < 4.78 is 26.0. The van der Waals surface area contributed by atoms with E-state index < -0.39 is 29.6 Å². The molecule has 0 unspecified atom stereocenters. The molecule has 134 valence electrons. The Hall–Kier alpha value is -2.02. The SMILES string of the molecule is CC(C)C[C@H](CNC(=O)[C@H](N)Cc1ccc(F)c(F)c1)CC(=O)O. The summed E-state index contributed by atoms with van der Waals surface area (Å²) in [6.45, 7) is 4.17. The van der Waals surface area contributed by atoms with E-state index in [2.05, 4.69) is 5.32 Å². The summed E-state index contributed by atoms with van der Waals surface area (Å²) in [5, 5.41) is 11.6. The first-order valence-electron chi connectivity index (χ1n) is 7.88. The van der Waals surface area contributed by atoms with Gasteiger partial charge in [-0.15, -0.1) is 0 Å². The zero-order valence-electron chi connectivity index (χ0n) is 13.9. The van der Waals surface area contributed by atoms with Crippen LogP contribution in [-0.2, 0) is 16.0 Å². The summed E-state index contributed by atoms with van der Waals surface area (Å²) in [6, 6.07) is 2.45. The van der Waals surface area contributed by atoms with Gasteiger partial charge in [0.2, 0.25) is 5.91 Å². The molecule has 1 amide bonds. The van der Waals surface area contributed by atoms with Gasteiger partial charge in [-0.2, -0.15) is 0 Å². The highest BCUT2D eigenvalue weighted by atomic mass is 19.2. The molecule has 0 heterocycles. The number of halogens is 2. The number of amides is 1. The maximum atomic E-state index is 13.2. The number of hydrogen-bond acceptors (Lipinski definition) is 3. The summed E-state index contributed by atoms with van der Waals surface area (Å²) in [4.78, 5) is 22.9. The quantitative estimate of drug-likeness (QED) is 0.641. The van der Waals surface area contributed by atoms with E-state index >= 15 is 0 Å². The lowest BCUT2D eigenvalue weighted by Gasteiger charge is -2.19. The second-order valence-corrected chi connectivity index (χ2v) is 6.40. The van der Waals surface area contributed by atoms with Crippen molar-refractivity contribution in [1.29, 1.82) is 0 Å². The number of rotatable bonds is 9. The standard InChI is InChI=1S/C17H24F2N2O3/c1-10(2)5-12(8-16(22)23)9-21-17(24)15(20)7-11-3-4-13(18)14(19)6-11/h3-4,6,10,12,15H,5,7-9,20H2,1-2H3,(H,21,24)(H,22,23)/t12-,15+/m0/s1. The van der Waals surface area contributed by atoms with Crippen LogP contribution in [0.2, 0.25) is 0 Å². The van der Waals surface area contributed by atoms with Crippen LogP contribution in [0.4, 0.5) is 8.78 Å². The van der Waals surface area contributed by atoms with Crippen LogP contribution < -0.4 is 11.1 Å². The topological polar surface area (TPSA) is 92.4 Å². The molecule has 7 heteroatoms. The molecule has 1 aromatic carbocycles. The molecule has 0 fully saturated rings. The normalized spacial score (nSPS) is 13.6. The molecule has 2 atom stereocenters. The number of benzene rings is 1. The van der Waals surface area contributed by atoms with E-state index in [1.165, 1.54) is 6.07 Å². The van der Waals surface area contributed by atoms with E-state index in [0.29, 0.717) is 17.9 Å². The molecule has 0 aliphatic carbocycles. The number of carboxylic acid groups (broad SMARTS) is 1. The lowest BCUT2D eigenvalue weighted by molar-refractivity contribution is -0.138. The maximum Gasteiger partial charge on any atom is 0.303 e.